The third kappa shape index (κ3) is 10.4. The summed E-state index contributed by atoms with van der Waals surface area (Å²) >= 11 is 0. The molecule has 0 bridgehead atoms. The second kappa shape index (κ2) is 15.6. The monoisotopic (exact) mass is 588 g/mol. The van der Waals surface area contributed by atoms with Crippen LogP contribution in [-0.2, 0) is 35.2 Å². The zero-order valence-corrected chi connectivity index (χ0v) is 22.7. The number of amides is 5. The van der Waals surface area contributed by atoms with Crippen LogP contribution in [-0.4, -0.2) is 82.3 Å². The average Bonchev–Trinajstić information content (AvgIpc) is 3.31. The number of carboxylic acid groups (broad SMARTS) is 1. The maximum atomic E-state index is 13.2. The van der Waals surface area contributed by atoms with Gasteiger partial charge in [0.1, 0.15) is 18.1 Å². The molecule has 1 heterocycles. The van der Waals surface area contributed by atoms with E-state index in [1.54, 1.807) is 6.20 Å². The maximum absolute atomic E-state index is 13.2. The van der Waals surface area contributed by atoms with Crippen molar-refractivity contribution in [2.24, 2.45) is 33.7 Å². The third-order valence-electron chi connectivity index (χ3n) is 6.09. The number of aliphatic carboxylic acids is 1. The first-order valence-electron chi connectivity index (χ1n) is 12.8. The molecular formula is C25H36N10O7. The maximum Gasteiger partial charge on any atom is 0.326 e. The quantitative estimate of drug-likeness (QED) is 0.0491. The first-order valence-corrected chi connectivity index (χ1v) is 12.8. The molecule has 15 N–H and O–H groups in total. The van der Waals surface area contributed by atoms with Crippen LogP contribution in [0.25, 0.3) is 10.9 Å². The molecule has 2 aromatic rings. The Bertz CT molecular complexity index is 1340. The van der Waals surface area contributed by atoms with Gasteiger partial charge in [0.25, 0.3) is 0 Å². The highest BCUT2D eigenvalue weighted by Crippen LogP contribution is 2.19. The van der Waals surface area contributed by atoms with Crippen LogP contribution in [0.3, 0.4) is 0 Å². The van der Waals surface area contributed by atoms with Gasteiger partial charge in [0, 0.05) is 23.6 Å². The first kappa shape index (κ1) is 33.0. The van der Waals surface area contributed by atoms with Crippen molar-refractivity contribution in [3.05, 3.63) is 36.0 Å². The number of primary amides is 2. The molecule has 0 saturated heterocycles. The number of fused-ring (bicyclic) bond motifs is 1. The minimum Gasteiger partial charge on any atom is -0.480 e. The average molecular weight is 589 g/mol. The second-order valence-electron chi connectivity index (χ2n) is 9.48. The van der Waals surface area contributed by atoms with Gasteiger partial charge in [0.05, 0.1) is 18.9 Å². The van der Waals surface area contributed by atoms with E-state index in [0.717, 1.165) is 16.5 Å². The lowest BCUT2D eigenvalue weighted by atomic mass is 10.0. The Kier molecular flexibility index (Phi) is 12.2. The number of hydrogen-bond donors (Lipinski definition) is 10. The molecule has 1 aromatic carbocycles. The predicted octanol–water partition coefficient (Wildman–Crippen LogP) is -3.62. The number of aliphatic imine (C=N–C) groups is 1. The minimum atomic E-state index is -1.72. The molecular weight excluding hydrogens is 552 g/mol. The van der Waals surface area contributed by atoms with Crippen molar-refractivity contribution in [2.75, 3.05) is 6.54 Å². The van der Waals surface area contributed by atoms with E-state index in [1.165, 1.54) is 0 Å². The molecule has 42 heavy (non-hydrogen) atoms. The molecule has 0 aliphatic heterocycles. The van der Waals surface area contributed by atoms with E-state index in [-0.39, 0.29) is 31.8 Å². The van der Waals surface area contributed by atoms with Gasteiger partial charge in [-0.3, -0.25) is 29.0 Å². The molecule has 5 amide bonds. The number of para-hydroxylation sites is 1. The van der Waals surface area contributed by atoms with Crippen LogP contribution in [0.4, 0.5) is 0 Å². The van der Waals surface area contributed by atoms with Gasteiger partial charge in [0.15, 0.2) is 5.96 Å². The lowest BCUT2D eigenvalue weighted by Crippen LogP contribution is -2.58. The summed E-state index contributed by atoms with van der Waals surface area (Å²) in [7, 11) is 0. The highest BCUT2D eigenvalue weighted by atomic mass is 16.4. The highest BCUT2D eigenvalue weighted by Gasteiger charge is 2.31. The molecule has 0 aliphatic rings. The smallest absolute Gasteiger partial charge is 0.326 e. The molecule has 0 spiro atoms. The number of carbonyl (C=O) groups excluding carboxylic acids is 5. The predicted molar refractivity (Wildman–Crippen MR) is 151 cm³/mol. The van der Waals surface area contributed by atoms with E-state index in [4.69, 9.17) is 28.7 Å². The van der Waals surface area contributed by atoms with Gasteiger partial charge >= 0.3 is 5.97 Å². The summed E-state index contributed by atoms with van der Waals surface area (Å²) in [6.45, 7) is 0.113. The zero-order chi connectivity index (χ0) is 31.4. The van der Waals surface area contributed by atoms with Gasteiger partial charge < -0.3 is 54.7 Å². The number of aromatic amines is 1. The molecule has 17 heteroatoms. The second-order valence-corrected chi connectivity index (χ2v) is 9.48. The van der Waals surface area contributed by atoms with Crippen molar-refractivity contribution in [3.63, 3.8) is 0 Å². The largest absolute Gasteiger partial charge is 0.480 e. The molecule has 0 radical (unpaired) electrons. The summed E-state index contributed by atoms with van der Waals surface area (Å²) in [6.07, 6.45) is 0.637. The van der Waals surface area contributed by atoms with E-state index in [0.29, 0.717) is 0 Å². The summed E-state index contributed by atoms with van der Waals surface area (Å²) in [4.78, 5) is 80.2. The molecule has 2 rings (SSSR count). The number of guanidine groups is 1. The Labute approximate surface area is 240 Å². The molecule has 17 nitrogen and oxygen atoms in total. The Morgan fingerprint density at radius 2 is 1.40 bits per heavy atom. The number of hydrogen-bond acceptors (Lipinski definition) is 8. The van der Waals surface area contributed by atoms with E-state index in [1.807, 2.05) is 29.6 Å². The number of carbonyl (C=O) groups is 6. The number of benzene rings is 1. The normalized spacial score (nSPS) is 13.6. The molecule has 0 aliphatic carbocycles. The summed E-state index contributed by atoms with van der Waals surface area (Å²) in [5.74, 6) is -6.43. The van der Waals surface area contributed by atoms with Crippen molar-refractivity contribution in [1.29, 1.82) is 0 Å². The Balaban J connectivity index is 2.19. The number of nitrogens with two attached hydrogens (primary N) is 5. The number of nitrogens with zero attached hydrogens (tertiary/aromatic N) is 1. The SMILES string of the molecule is NC(=O)CC(NC(=O)C(CC(N)=O)NC(=O)C(CCCN=C(N)N)NC(=O)C(N)Cc1c[nH]c2ccccc12)C(=O)O. The lowest BCUT2D eigenvalue weighted by Gasteiger charge is -2.24. The van der Waals surface area contributed by atoms with Crippen molar-refractivity contribution in [3.8, 4) is 0 Å². The first-order chi connectivity index (χ1) is 19.8. The topological polar surface area (TPSA) is 317 Å². The summed E-state index contributed by atoms with van der Waals surface area (Å²) in [6, 6.07) is 1.75. The fourth-order valence-corrected chi connectivity index (χ4v) is 4.04. The van der Waals surface area contributed by atoms with Gasteiger partial charge in [-0.05, 0) is 30.9 Å². The van der Waals surface area contributed by atoms with Crippen molar-refractivity contribution >= 4 is 52.4 Å². The van der Waals surface area contributed by atoms with Crippen LogP contribution in [0.15, 0.2) is 35.5 Å². The number of H-pyrrole nitrogens is 1. The Hall–Kier alpha value is -5.19. The summed E-state index contributed by atoms with van der Waals surface area (Å²) in [5, 5.41) is 17.0. The van der Waals surface area contributed by atoms with Crippen LogP contribution in [0.1, 0.15) is 31.2 Å². The number of carboxylic acids is 1. The van der Waals surface area contributed by atoms with E-state index in [2.05, 4.69) is 20.6 Å². The fourth-order valence-electron chi connectivity index (χ4n) is 4.04. The summed E-state index contributed by atoms with van der Waals surface area (Å²) < 4.78 is 0. The highest BCUT2D eigenvalue weighted by molar-refractivity contribution is 5.97. The molecule has 4 unspecified atom stereocenters. The molecule has 0 saturated carbocycles. The van der Waals surface area contributed by atoms with Crippen LogP contribution >= 0.6 is 0 Å². The third-order valence-corrected chi connectivity index (χ3v) is 6.09. The van der Waals surface area contributed by atoms with Crippen LogP contribution in [0.2, 0.25) is 0 Å². The molecule has 228 valence electrons. The van der Waals surface area contributed by atoms with Crippen molar-refractivity contribution in [2.45, 2.75) is 56.3 Å². The van der Waals surface area contributed by atoms with Crippen LogP contribution in [0.5, 0.6) is 0 Å². The zero-order valence-electron chi connectivity index (χ0n) is 22.7. The number of rotatable bonds is 17. The van der Waals surface area contributed by atoms with E-state index < -0.39 is 72.5 Å². The van der Waals surface area contributed by atoms with Crippen LogP contribution in [0, 0.1) is 0 Å². The molecule has 4 atom stereocenters. The van der Waals surface area contributed by atoms with Crippen molar-refractivity contribution < 1.29 is 33.9 Å². The van der Waals surface area contributed by atoms with Gasteiger partial charge in [-0.25, -0.2) is 4.79 Å². The Morgan fingerprint density at radius 1 is 0.833 bits per heavy atom. The summed E-state index contributed by atoms with van der Waals surface area (Å²) in [5.41, 5.74) is 28.7. The van der Waals surface area contributed by atoms with E-state index >= 15 is 0 Å². The fraction of sp³-hybridized carbons (Fsp3) is 0.400. The van der Waals surface area contributed by atoms with Crippen LogP contribution < -0.4 is 44.6 Å². The standard InChI is InChI=1S/C25H36N10O7/c26-14(8-12-11-32-15-5-2-1-4-13(12)15)21(38)33-16(6-3-7-31-25(29)30)22(39)34-17(9-19(27)36)23(40)35-18(24(41)42)10-20(28)37/h1-2,4-5,11,14,16-18,32H,3,6-10,26H2,(H2,27,36)(H2,28,37)(H,33,38)(H,34,39)(H,35,40)(H,41,42)(H4,29,30,31). The van der Waals surface area contributed by atoms with Crippen molar-refractivity contribution in [1.82, 2.24) is 20.9 Å². The van der Waals surface area contributed by atoms with Gasteiger partial charge in [0.2, 0.25) is 29.5 Å². The van der Waals surface area contributed by atoms with Gasteiger partial charge in [-0.1, -0.05) is 18.2 Å². The minimum absolute atomic E-state index is 0.00149. The van der Waals surface area contributed by atoms with Gasteiger partial charge in [-0.2, -0.15) is 0 Å². The number of nitrogens with one attached hydrogen (secondary N) is 4. The number of aromatic nitrogens is 1. The Morgan fingerprint density at radius 3 is 2.02 bits per heavy atom. The van der Waals surface area contributed by atoms with Gasteiger partial charge in [-0.15, -0.1) is 0 Å². The molecule has 0 fully saturated rings. The molecule has 1 aromatic heterocycles. The van der Waals surface area contributed by atoms with E-state index in [9.17, 15) is 33.9 Å². The lowest BCUT2D eigenvalue weighted by molar-refractivity contribution is -0.144.